The summed E-state index contributed by atoms with van der Waals surface area (Å²) in [4.78, 5) is 25.4. The van der Waals surface area contributed by atoms with Crippen LogP contribution in [0, 0.1) is 0 Å². The van der Waals surface area contributed by atoms with Crippen molar-refractivity contribution >= 4 is 28.3 Å². The summed E-state index contributed by atoms with van der Waals surface area (Å²) < 4.78 is 11.0. The number of carbonyl (C=O) groups is 2. The van der Waals surface area contributed by atoms with E-state index in [0.717, 1.165) is 10.8 Å². The van der Waals surface area contributed by atoms with E-state index in [4.69, 9.17) is 9.47 Å². The highest BCUT2D eigenvalue weighted by molar-refractivity contribution is 6.04. The molecule has 2 amide bonds. The number of anilines is 1. The van der Waals surface area contributed by atoms with Crippen molar-refractivity contribution in [2.75, 3.05) is 25.6 Å². The van der Waals surface area contributed by atoms with Gasteiger partial charge in [0.1, 0.15) is 5.75 Å². The van der Waals surface area contributed by atoms with Gasteiger partial charge in [-0.05, 0) is 30.0 Å². The van der Waals surface area contributed by atoms with Crippen LogP contribution >= 0.6 is 0 Å². The number of carbonyl (C=O) groups excluding carboxylic acids is 2. The highest BCUT2D eigenvalue weighted by Crippen LogP contribution is 2.27. The van der Waals surface area contributed by atoms with E-state index in [1.54, 1.807) is 31.4 Å². The van der Waals surface area contributed by atoms with Crippen LogP contribution in [0.2, 0.25) is 0 Å². The van der Waals surface area contributed by atoms with Gasteiger partial charge in [-0.3, -0.25) is 9.59 Å². The van der Waals surface area contributed by atoms with Gasteiger partial charge in [0.15, 0.2) is 6.10 Å². The molecule has 6 heteroatoms. The first-order valence-electron chi connectivity index (χ1n) is 9.95. The average molecular weight is 406 g/mol. The number of amides is 2. The quantitative estimate of drug-likeness (QED) is 0.527. The molecule has 1 atom stereocenters. The van der Waals surface area contributed by atoms with Gasteiger partial charge in [0.05, 0.1) is 17.9 Å². The number of rotatable bonds is 9. The monoisotopic (exact) mass is 406 g/mol. The number of ether oxygens (including phenoxy) is 2. The number of para-hydroxylation sites is 1. The molecule has 0 aromatic heterocycles. The molecule has 3 aromatic rings. The van der Waals surface area contributed by atoms with E-state index < -0.39 is 6.10 Å². The molecule has 0 saturated heterocycles. The van der Waals surface area contributed by atoms with Crippen LogP contribution in [0.3, 0.4) is 0 Å². The molecule has 0 saturated carbocycles. The van der Waals surface area contributed by atoms with E-state index in [-0.39, 0.29) is 11.8 Å². The first-order valence-corrected chi connectivity index (χ1v) is 9.95. The molecule has 0 aliphatic carbocycles. The summed E-state index contributed by atoms with van der Waals surface area (Å²) in [6.45, 7) is 2.69. The van der Waals surface area contributed by atoms with Crippen molar-refractivity contribution in [3.05, 3.63) is 72.3 Å². The molecule has 0 aliphatic heterocycles. The molecule has 156 valence electrons. The number of hydrogen-bond acceptors (Lipinski definition) is 4. The van der Waals surface area contributed by atoms with Crippen LogP contribution in [-0.4, -0.2) is 38.2 Å². The molecule has 0 heterocycles. The first-order chi connectivity index (χ1) is 14.6. The van der Waals surface area contributed by atoms with Crippen molar-refractivity contribution in [2.24, 2.45) is 0 Å². The SMILES string of the molecule is CC[C@@H](Oc1cccc2ccccc12)C(=O)Nc1ccccc1C(=O)NCCOC. The Hall–Kier alpha value is -3.38. The Labute approximate surface area is 176 Å². The van der Waals surface area contributed by atoms with E-state index in [1.807, 2.05) is 49.4 Å². The van der Waals surface area contributed by atoms with Crippen LogP contribution in [0.1, 0.15) is 23.7 Å². The third kappa shape index (κ3) is 5.15. The van der Waals surface area contributed by atoms with Gasteiger partial charge in [0.25, 0.3) is 11.8 Å². The van der Waals surface area contributed by atoms with Gasteiger partial charge in [-0.1, -0.05) is 55.5 Å². The third-order valence-electron chi connectivity index (χ3n) is 4.70. The standard InChI is InChI=1S/C24H26N2O4/c1-3-21(30-22-14-8-10-17-9-4-5-11-18(17)22)24(28)26-20-13-7-6-12-19(20)23(27)25-15-16-29-2/h4-14,21H,3,15-16H2,1-2H3,(H,25,27)(H,26,28)/t21-/m1/s1. The van der Waals surface area contributed by atoms with Crippen LogP contribution in [0.15, 0.2) is 66.7 Å². The van der Waals surface area contributed by atoms with Gasteiger partial charge < -0.3 is 20.1 Å². The maximum Gasteiger partial charge on any atom is 0.265 e. The number of nitrogens with one attached hydrogen (secondary N) is 2. The van der Waals surface area contributed by atoms with Gasteiger partial charge in [0, 0.05) is 19.0 Å². The Balaban J connectivity index is 1.75. The minimum atomic E-state index is -0.694. The Morgan fingerprint density at radius 1 is 0.967 bits per heavy atom. The summed E-state index contributed by atoms with van der Waals surface area (Å²) in [5, 5.41) is 7.61. The van der Waals surface area contributed by atoms with Crippen molar-refractivity contribution in [1.29, 1.82) is 0 Å². The van der Waals surface area contributed by atoms with E-state index in [0.29, 0.717) is 36.6 Å². The summed E-state index contributed by atoms with van der Waals surface area (Å²) in [5.41, 5.74) is 0.833. The summed E-state index contributed by atoms with van der Waals surface area (Å²) in [6, 6.07) is 20.5. The Morgan fingerprint density at radius 3 is 2.50 bits per heavy atom. The smallest absolute Gasteiger partial charge is 0.265 e. The molecule has 0 radical (unpaired) electrons. The number of hydrogen-bond donors (Lipinski definition) is 2. The molecule has 0 spiro atoms. The van der Waals surface area contributed by atoms with Crippen molar-refractivity contribution in [3.8, 4) is 5.75 Å². The van der Waals surface area contributed by atoms with Gasteiger partial charge in [-0.2, -0.15) is 0 Å². The second-order valence-corrected chi connectivity index (χ2v) is 6.78. The lowest BCUT2D eigenvalue weighted by Gasteiger charge is -2.19. The van der Waals surface area contributed by atoms with Gasteiger partial charge in [-0.25, -0.2) is 0 Å². The zero-order chi connectivity index (χ0) is 21.3. The van der Waals surface area contributed by atoms with E-state index >= 15 is 0 Å². The molecule has 30 heavy (non-hydrogen) atoms. The zero-order valence-corrected chi connectivity index (χ0v) is 17.2. The van der Waals surface area contributed by atoms with Crippen LogP contribution in [-0.2, 0) is 9.53 Å². The summed E-state index contributed by atoms with van der Waals surface area (Å²) >= 11 is 0. The second-order valence-electron chi connectivity index (χ2n) is 6.78. The van der Waals surface area contributed by atoms with Crippen molar-refractivity contribution in [3.63, 3.8) is 0 Å². The molecule has 0 unspecified atom stereocenters. The van der Waals surface area contributed by atoms with Gasteiger partial charge in [-0.15, -0.1) is 0 Å². The minimum Gasteiger partial charge on any atom is -0.480 e. The molecule has 0 bridgehead atoms. The molecule has 2 N–H and O–H groups in total. The van der Waals surface area contributed by atoms with Crippen molar-refractivity contribution in [2.45, 2.75) is 19.4 Å². The molecular formula is C24H26N2O4. The fourth-order valence-electron chi connectivity index (χ4n) is 3.14. The Bertz CT molecular complexity index is 1010. The largest absolute Gasteiger partial charge is 0.480 e. The summed E-state index contributed by atoms with van der Waals surface area (Å²) in [5.74, 6) is 0.0780. The minimum absolute atomic E-state index is 0.272. The van der Waals surface area contributed by atoms with Crippen molar-refractivity contribution < 1.29 is 19.1 Å². The fraction of sp³-hybridized carbons (Fsp3) is 0.250. The predicted octanol–water partition coefficient (Wildman–Crippen LogP) is 4.01. The van der Waals surface area contributed by atoms with E-state index in [9.17, 15) is 9.59 Å². The number of methoxy groups -OCH3 is 1. The van der Waals surface area contributed by atoms with Crippen molar-refractivity contribution in [1.82, 2.24) is 5.32 Å². The second kappa shape index (κ2) is 10.4. The molecule has 0 fully saturated rings. The Morgan fingerprint density at radius 2 is 1.70 bits per heavy atom. The number of benzene rings is 3. The summed E-state index contributed by atoms with van der Waals surface area (Å²) in [7, 11) is 1.57. The van der Waals surface area contributed by atoms with Crippen LogP contribution in [0.4, 0.5) is 5.69 Å². The molecule has 0 aliphatic rings. The predicted molar refractivity (Wildman–Crippen MR) is 118 cm³/mol. The normalized spacial score (nSPS) is 11.7. The first kappa shape index (κ1) is 21.3. The molecular weight excluding hydrogens is 380 g/mol. The maximum atomic E-state index is 12.9. The van der Waals surface area contributed by atoms with Gasteiger partial charge in [0.2, 0.25) is 0 Å². The Kier molecular flexibility index (Phi) is 7.40. The van der Waals surface area contributed by atoms with Crippen LogP contribution < -0.4 is 15.4 Å². The third-order valence-corrected chi connectivity index (χ3v) is 4.70. The highest BCUT2D eigenvalue weighted by atomic mass is 16.5. The van der Waals surface area contributed by atoms with E-state index in [2.05, 4.69) is 10.6 Å². The van der Waals surface area contributed by atoms with Gasteiger partial charge >= 0.3 is 0 Å². The lowest BCUT2D eigenvalue weighted by atomic mass is 10.1. The fourth-order valence-corrected chi connectivity index (χ4v) is 3.14. The zero-order valence-electron chi connectivity index (χ0n) is 17.2. The molecule has 3 aromatic carbocycles. The topological polar surface area (TPSA) is 76.7 Å². The molecule has 6 nitrogen and oxygen atoms in total. The maximum absolute atomic E-state index is 12.9. The number of fused-ring (bicyclic) bond motifs is 1. The average Bonchev–Trinajstić information content (AvgIpc) is 2.78. The molecule has 3 rings (SSSR count). The van der Waals surface area contributed by atoms with Crippen LogP contribution in [0.25, 0.3) is 10.8 Å². The lowest BCUT2D eigenvalue weighted by molar-refractivity contribution is -0.122. The van der Waals surface area contributed by atoms with E-state index in [1.165, 1.54) is 0 Å². The summed E-state index contributed by atoms with van der Waals surface area (Å²) in [6.07, 6.45) is -0.211. The highest BCUT2D eigenvalue weighted by Gasteiger charge is 2.21. The lowest BCUT2D eigenvalue weighted by Crippen LogP contribution is -2.34. The van der Waals surface area contributed by atoms with Crippen LogP contribution in [0.5, 0.6) is 5.75 Å².